The second kappa shape index (κ2) is 4.85. The van der Waals surface area contributed by atoms with Crippen molar-refractivity contribution in [3.8, 4) is 5.82 Å². The lowest BCUT2D eigenvalue weighted by molar-refractivity contribution is -0.137. The normalized spacial score (nSPS) is 11.9. The van der Waals surface area contributed by atoms with Crippen molar-refractivity contribution < 1.29 is 13.2 Å². The predicted molar refractivity (Wildman–Crippen MR) is 65.5 cm³/mol. The number of hydrogen-bond donors (Lipinski definition) is 0. The van der Waals surface area contributed by atoms with Crippen molar-refractivity contribution in [1.82, 2.24) is 14.8 Å². The van der Waals surface area contributed by atoms with Crippen LogP contribution in [0.5, 0.6) is 0 Å². The van der Waals surface area contributed by atoms with Gasteiger partial charge in [0.2, 0.25) is 0 Å². The molecule has 7 heteroatoms. The molecule has 0 aliphatic heterocycles. The van der Waals surface area contributed by atoms with Crippen LogP contribution < -0.4 is 0 Å². The van der Waals surface area contributed by atoms with Gasteiger partial charge in [0.15, 0.2) is 5.82 Å². The maximum absolute atomic E-state index is 12.4. The smallest absolute Gasteiger partial charge is 0.236 e. The fourth-order valence-electron chi connectivity index (χ4n) is 1.76. The molecule has 2 rings (SSSR count). The van der Waals surface area contributed by atoms with Crippen LogP contribution in [0.4, 0.5) is 13.2 Å². The number of aromatic nitrogens is 3. The van der Waals surface area contributed by atoms with Crippen LogP contribution in [0, 0.1) is 6.92 Å². The van der Waals surface area contributed by atoms with E-state index in [0.717, 1.165) is 23.5 Å². The highest BCUT2D eigenvalue weighted by Crippen LogP contribution is 2.29. The molecule has 0 N–H and O–H groups in total. The predicted octanol–water partition coefficient (Wildman–Crippen LogP) is 3.81. The van der Waals surface area contributed by atoms with Crippen molar-refractivity contribution in [1.29, 1.82) is 0 Å². The van der Waals surface area contributed by atoms with Gasteiger partial charge in [-0.2, -0.15) is 18.3 Å². The fraction of sp³-hybridized carbons (Fsp3) is 0.333. The summed E-state index contributed by atoms with van der Waals surface area (Å²) < 4.78 is 38.7. The molecule has 0 saturated carbocycles. The van der Waals surface area contributed by atoms with Gasteiger partial charge >= 0.3 is 6.18 Å². The van der Waals surface area contributed by atoms with Gasteiger partial charge in [0, 0.05) is 11.8 Å². The first-order valence-electron chi connectivity index (χ1n) is 5.62. The summed E-state index contributed by atoms with van der Waals surface area (Å²) in [5.41, 5.74) is 0.810. The number of halogens is 4. The van der Waals surface area contributed by atoms with E-state index in [9.17, 15) is 13.2 Å². The van der Waals surface area contributed by atoms with E-state index in [-0.39, 0.29) is 5.82 Å². The summed E-state index contributed by atoms with van der Waals surface area (Å²) >= 11 is 6.13. The van der Waals surface area contributed by atoms with Crippen LogP contribution in [-0.2, 0) is 12.6 Å². The minimum atomic E-state index is -4.40. The lowest BCUT2D eigenvalue weighted by atomic mass is 10.2. The van der Waals surface area contributed by atoms with Crippen molar-refractivity contribution in [3.63, 3.8) is 0 Å². The van der Waals surface area contributed by atoms with Crippen molar-refractivity contribution >= 4 is 11.6 Å². The van der Waals surface area contributed by atoms with Crippen LogP contribution in [0.15, 0.2) is 18.3 Å². The molecular weight excluding hydrogens is 279 g/mol. The molecule has 0 bridgehead atoms. The first-order chi connectivity index (χ1) is 8.84. The van der Waals surface area contributed by atoms with Crippen LogP contribution in [0.25, 0.3) is 5.82 Å². The summed E-state index contributed by atoms with van der Waals surface area (Å²) in [5, 5.41) is 4.57. The number of rotatable bonds is 2. The van der Waals surface area contributed by atoms with Crippen molar-refractivity contribution in [2.24, 2.45) is 0 Å². The first-order valence-corrected chi connectivity index (χ1v) is 6.00. The summed E-state index contributed by atoms with van der Waals surface area (Å²) in [4.78, 5) is 3.76. The highest BCUT2D eigenvalue weighted by molar-refractivity contribution is 6.30. The van der Waals surface area contributed by atoms with Gasteiger partial charge in [-0.3, -0.25) is 0 Å². The molecular formula is C12H11ClF3N3. The summed E-state index contributed by atoms with van der Waals surface area (Å²) in [6.07, 6.45) is -2.93. The van der Waals surface area contributed by atoms with Gasteiger partial charge in [0.05, 0.1) is 11.3 Å². The molecule has 0 unspecified atom stereocenters. The van der Waals surface area contributed by atoms with Gasteiger partial charge < -0.3 is 0 Å². The van der Waals surface area contributed by atoms with Crippen molar-refractivity contribution in [3.05, 3.63) is 40.3 Å². The van der Waals surface area contributed by atoms with Gasteiger partial charge in [-0.05, 0) is 25.5 Å². The molecule has 0 atom stereocenters. The van der Waals surface area contributed by atoms with Gasteiger partial charge in [-0.25, -0.2) is 9.67 Å². The number of hydrogen-bond acceptors (Lipinski definition) is 2. The average Bonchev–Trinajstić information content (AvgIpc) is 2.63. The van der Waals surface area contributed by atoms with E-state index in [4.69, 9.17) is 11.6 Å². The lowest BCUT2D eigenvalue weighted by Crippen LogP contribution is -2.07. The Hall–Kier alpha value is -1.56. The topological polar surface area (TPSA) is 30.7 Å². The molecule has 19 heavy (non-hydrogen) atoms. The largest absolute Gasteiger partial charge is 0.417 e. The molecule has 0 saturated heterocycles. The van der Waals surface area contributed by atoms with Gasteiger partial charge in [-0.1, -0.05) is 18.5 Å². The number of nitrogens with zero attached hydrogens (tertiary/aromatic N) is 3. The molecule has 102 valence electrons. The molecule has 2 heterocycles. The van der Waals surface area contributed by atoms with E-state index >= 15 is 0 Å². The molecule has 0 aromatic carbocycles. The Morgan fingerprint density at radius 3 is 2.42 bits per heavy atom. The Kier molecular flexibility index (Phi) is 3.54. The average molecular weight is 290 g/mol. The molecule has 0 radical (unpaired) electrons. The zero-order chi connectivity index (χ0) is 14.2. The molecule has 0 amide bonds. The van der Waals surface area contributed by atoms with Gasteiger partial charge in [0.25, 0.3) is 0 Å². The van der Waals surface area contributed by atoms with Crippen LogP contribution in [0.1, 0.15) is 23.7 Å². The molecule has 0 aliphatic carbocycles. The highest BCUT2D eigenvalue weighted by Gasteiger charge is 2.30. The zero-order valence-electron chi connectivity index (χ0n) is 10.3. The first kappa shape index (κ1) is 13.9. The van der Waals surface area contributed by atoms with Crippen LogP contribution >= 0.6 is 11.6 Å². The third-order valence-corrected chi connectivity index (χ3v) is 3.16. The number of aryl methyl sites for hydroxylation is 1. The number of pyridine rings is 1. The zero-order valence-corrected chi connectivity index (χ0v) is 11.0. The minimum Gasteiger partial charge on any atom is -0.236 e. The Morgan fingerprint density at radius 2 is 2.00 bits per heavy atom. The maximum Gasteiger partial charge on any atom is 0.417 e. The summed E-state index contributed by atoms with van der Waals surface area (Å²) in [7, 11) is 0. The molecule has 0 spiro atoms. The van der Waals surface area contributed by atoms with E-state index in [2.05, 4.69) is 10.1 Å². The molecule has 0 fully saturated rings. The molecule has 0 aliphatic rings. The Labute approximate surface area is 113 Å². The van der Waals surface area contributed by atoms with Crippen LogP contribution in [0.2, 0.25) is 5.15 Å². The van der Waals surface area contributed by atoms with Crippen LogP contribution in [-0.4, -0.2) is 14.8 Å². The summed E-state index contributed by atoms with van der Waals surface area (Å²) in [5.74, 6) is 0.265. The second-order valence-electron chi connectivity index (χ2n) is 4.02. The molecule has 3 nitrogen and oxygen atoms in total. The SMILES string of the molecule is CCc1c(C)nn(-c2ccc(C(F)(F)F)cn2)c1Cl. The van der Waals surface area contributed by atoms with Crippen molar-refractivity contribution in [2.45, 2.75) is 26.4 Å². The van der Waals surface area contributed by atoms with E-state index in [1.807, 2.05) is 6.92 Å². The quantitative estimate of drug-likeness (QED) is 0.841. The molecule has 2 aromatic heterocycles. The minimum absolute atomic E-state index is 0.265. The Balaban J connectivity index is 2.43. The summed E-state index contributed by atoms with van der Waals surface area (Å²) in [6, 6.07) is 2.21. The third kappa shape index (κ3) is 2.58. The summed E-state index contributed by atoms with van der Waals surface area (Å²) in [6.45, 7) is 3.73. The van der Waals surface area contributed by atoms with Crippen molar-refractivity contribution in [2.75, 3.05) is 0 Å². The fourth-order valence-corrected chi connectivity index (χ4v) is 2.16. The molecule has 2 aromatic rings. The van der Waals surface area contributed by atoms with Gasteiger partial charge in [-0.15, -0.1) is 0 Å². The van der Waals surface area contributed by atoms with E-state index < -0.39 is 11.7 Å². The standard InChI is InChI=1S/C12H11ClF3N3/c1-3-9-7(2)18-19(11(9)13)10-5-4-8(6-17-10)12(14,15)16/h4-6H,3H2,1-2H3. The lowest BCUT2D eigenvalue weighted by Gasteiger charge is -2.07. The van der Waals surface area contributed by atoms with Crippen LogP contribution in [0.3, 0.4) is 0 Å². The second-order valence-corrected chi connectivity index (χ2v) is 4.38. The monoisotopic (exact) mass is 289 g/mol. The number of alkyl halides is 3. The third-order valence-electron chi connectivity index (χ3n) is 2.77. The van der Waals surface area contributed by atoms with E-state index in [1.165, 1.54) is 10.7 Å². The van der Waals surface area contributed by atoms with Gasteiger partial charge in [0.1, 0.15) is 5.15 Å². The van der Waals surface area contributed by atoms with E-state index in [0.29, 0.717) is 11.6 Å². The Bertz CT molecular complexity index is 588. The maximum atomic E-state index is 12.4. The highest BCUT2D eigenvalue weighted by atomic mass is 35.5. The Morgan fingerprint density at radius 1 is 1.32 bits per heavy atom. The van der Waals surface area contributed by atoms with E-state index in [1.54, 1.807) is 6.92 Å².